The number of carbonyl (C=O) groups is 2. The van der Waals surface area contributed by atoms with Gasteiger partial charge in [0.05, 0.1) is 70.9 Å². The Kier molecular flexibility index (Phi) is 12.4. The van der Waals surface area contributed by atoms with Crippen LogP contribution in [0.3, 0.4) is 0 Å². The summed E-state index contributed by atoms with van der Waals surface area (Å²) in [6.07, 6.45) is 4.77. The minimum absolute atomic E-state index is 0.124. The molecule has 2 unspecified atom stereocenters. The number of benzene rings is 2. The molecule has 6 aromatic rings. The molecule has 8 rings (SSSR count). The Hall–Kier alpha value is -6.28. The molecule has 0 N–H and O–H groups in total. The molecule has 0 amide bonds. The Balaban J connectivity index is 0.000000192. The van der Waals surface area contributed by atoms with Gasteiger partial charge >= 0.3 is 11.9 Å². The van der Waals surface area contributed by atoms with E-state index in [0.717, 1.165) is 6.26 Å². The summed E-state index contributed by atoms with van der Waals surface area (Å²) in [5.74, 6) is -1.54. The zero-order valence-electron chi connectivity index (χ0n) is 36.3. The van der Waals surface area contributed by atoms with E-state index in [1.54, 1.807) is 80.0 Å². The van der Waals surface area contributed by atoms with E-state index < -0.39 is 44.7 Å². The summed E-state index contributed by atoms with van der Waals surface area (Å²) in [5.41, 5.74) is 1.51. The normalized spacial score (nSPS) is 15.8. The van der Waals surface area contributed by atoms with Crippen molar-refractivity contribution in [1.82, 2.24) is 38.7 Å². The molecule has 0 saturated heterocycles. The summed E-state index contributed by atoms with van der Waals surface area (Å²) in [4.78, 5) is 68.3. The Morgan fingerprint density at radius 2 is 1.03 bits per heavy atom. The predicted molar refractivity (Wildman–Crippen MR) is 234 cm³/mol. The van der Waals surface area contributed by atoms with Gasteiger partial charge in [-0.15, -0.1) is 0 Å². The van der Waals surface area contributed by atoms with Crippen molar-refractivity contribution in [2.75, 3.05) is 12.5 Å². The molecule has 0 bridgehead atoms. The molecule has 20 heteroatoms. The lowest BCUT2D eigenvalue weighted by Crippen LogP contribution is -2.30. The fourth-order valence-electron chi connectivity index (χ4n) is 7.11. The van der Waals surface area contributed by atoms with Gasteiger partial charge in [-0.05, 0) is 95.3 Å². The van der Waals surface area contributed by atoms with Crippen LogP contribution >= 0.6 is 11.8 Å². The molecule has 0 spiro atoms. The van der Waals surface area contributed by atoms with E-state index in [1.807, 2.05) is 6.26 Å². The first-order valence-corrected chi connectivity index (χ1v) is 23.2. The monoisotopic (exact) mass is 916 g/mol. The largest absolute Gasteiger partial charge is 0.458 e. The van der Waals surface area contributed by atoms with Crippen LogP contribution < -0.4 is 11.1 Å². The van der Waals surface area contributed by atoms with E-state index in [0.29, 0.717) is 45.5 Å². The van der Waals surface area contributed by atoms with Crippen molar-refractivity contribution in [2.45, 2.75) is 90.2 Å². The van der Waals surface area contributed by atoms with Crippen LogP contribution in [-0.4, -0.2) is 83.7 Å². The summed E-state index contributed by atoms with van der Waals surface area (Å²) in [6, 6.07) is 14.5. The lowest BCUT2D eigenvalue weighted by Gasteiger charge is -2.20. The number of sulfone groups is 1. The summed E-state index contributed by atoms with van der Waals surface area (Å²) in [6.45, 7) is 11.5. The van der Waals surface area contributed by atoms with Crippen LogP contribution in [0.1, 0.15) is 41.5 Å². The number of hydrogen-bond acceptors (Lipinski definition) is 13. The maximum atomic E-state index is 13.5. The maximum absolute atomic E-state index is 13.5. The Labute approximate surface area is 371 Å². The fraction of sp³-hybridized carbons (Fsp3) is 0.364. The molecule has 0 saturated carbocycles. The lowest BCUT2D eigenvalue weighted by atomic mass is 9.97. The maximum Gasteiger partial charge on any atom is 0.311 e. The van der Waals surface area contributed by atoms with Crippen molar-refractivity contribution >= 4 is 33.5 Å². The van der Waals surface area contributed by atoms with Crippen LogP contribution in [0.5, 0.6) is 0 Å². The molecule has 336 valence electrons. The second-order valence-electron chi connectivity index (χ2n) is 17.4. The van der Waals surface area contributed by atoms with Crippen molar-refractivity contribution < 1.29 is 36.3 Å². The van der Waals surface area contributed by atoms with Crippen LogP contribution in [0.15, 0.2) is 93.0 Å². The summed E-state index contributed by atoms with van der Waals surface area (Å²) < 4.78 is 68.7. The number of halogens is 2. The summed E-state index contributed by atoms with van der Waals surface area (Å²) in [5, 5.41) is 0.191. The highest BCUT2D eigenvalue weighted by molar-refractivity contribution is 7.98. The molecule has 2 aliphatic rings. The molecule has 2 aromatic carbocycles. The number of ether oxygens (including phenoxy) is 2. The first-order chi connectivity index (χ1) is 30.0. The molecule has 0 radical (unpaired) electrons. The van der Waals surface area contributed by atoms with Gasteiger partial charge in [-0.25, -0.2) is 46.5 Å². The van der Waals surface area contributed by atoms with Crippen molar-refractivity contribution in [1.29, 1.82) is 0 Å². The van der Waals surface area contributed by atoms with Crippen LogP contribution in [-0.2, 0) is 55.1 Å². The van der Waals surface area contributed by atoms with E-state index >= 15 is 0 Å². The van der Waals surface area contributed by atoms with E-state index in [9.17, 15) is 36.4 Å². The van der Waals surface area contributed by atoms with E-state index in [4.69, 9.17) is 9.47 Å². The van der Waals surface area contributed by atoms with Crippen molar-refractivity contribution in [3.63, 3.8) is 0 Å². The van der Waals surface area contributed by atoms with Gasteiger partial charge in [-0.2, -0.15) is 0 Å². The molecule has 0 fully saturated rings. The number of fused-ring (bicyclic) bond motifs is 2. The van der Waals surface area contributed by atoms with Gasteiger partial charge < -0.3 is 9.47 Å². The molecule has 16 nitrogen and oxygen atoms in total. The number of nitrogens with zero attached hydrogens (tertiary/aromatic N) is 8. The topological polar surface area (TPSA) is 192 Å². The highest BCUT2D eigenvalue weighted by Crippen LogP contribution is 2.35. The Bertz CT molecular complexity index is 3000. The third-order valence-corrected chi connectivity index (χ3v) is 11.7. The third kappa shape index (κ3) is 9.33. The van der Waals surface area contributed by atoms with Crippen molar-refractivity contribution in [3.8, 4) is 45.0 Å². The number of carbonyl (C=O) groups excluding carboxylic acids is 2. The second-order valence-corrected chi connectivity index (χ2v) is 20.1. The molecule has 2 aliphatic heterocycles. The highest BCUT2D eigenvalue weighted by atomic mass is 32.2. The van der Waals surface area contributed by atoms with E-state index in [-0.39, 0.29) is 59.0 Å². The van der Waals surface area contributed by atoms with Gasteiger partial charge in [0.1, 0.15) is 23.8 Å². The molecule has 4 aromatic heterocycles. The smallest absolute Gasteiger partial charge is 0.311 e. The van der Waals surface area contributed by atoms with E-state index in [2.05, 4.69) is 19.9 Å². The van der Waals surface area contributed by atoms with E-state index in [1.165, 1.54) is 65.1 Å². The molecule has 6 heterocycles. The SMILES string of the molecule is CC(C)(C)C(=O)OC1Cn2c(-c3ccnc(S(C)(=O)=O)n3)c(-c3ccc(F)cc3)c(=O)n2C1.CSc1nccc(-c2c(-c3ccc(F)cc3)c(=O)n3n2CC(OC(=O)C(C)(C)C)C3)n1. The summed E-state index contributed by atoms with van der Waals surface area (Å²) in [7, 11) is -3.70. The van der Waals surface area contributed by atoms with Crippen LogP contribution in [0.25, 0.3) is 45.0 Å². The second kappa shape index (κ2) is 17.4. The molecule has 0 aliphatic carbocycles. The number of rotatable bonds is 8. The van der Waals surface area contributed by atoms with Gasteiger partial charge in [-0.3, -0.25) is 28.5 Å². The average molecular weight is 917 g/mol. The van der Waals surface area contributed by atoms with Gasteiger partial charge in [-0.1, -0.05) is 36.0 Å². The minimum Gasteiger partial charge on any atom is -0.458 e. The average Bonchev–Trinajstić information content (AvgIpc) is 3.97. The van der Waals surface area contributed by atoms with Gasteiger partial charge in [0, 0.05) is 18.6 Å². The number of hydrogen-bond donors (Lipinski definition) is 0. The highest BCUT2D eigenvalue weighted by Gasteiger charge is 2.37. The predicted octanol–water partition coefficient (Wildman–Crippen LogP) is 5.89. The van der Waals surface area contributed by atoms with Crippen molar-refractivity contribution in [3.05, 3.63) is 105 Å². The first-order valence-electron chi connectivity index (χ1n) is 20.1. The van der Waals surface area contributed by atoms with Crippen LogP contribution in [0.4, 0.5) is 8.78 Å². The third-order valence-electron chi connectivity index (χ3n) is 10.3. The summed E-state index contributed by atoms with van der Waals surface area (Å²) >= 11 is 1.40. The minimum atomic E-state index is -3.70. The van der Waals surface area contributed by atoms with Crippen LogP contribution in [0, 0.1) is 22.5 Å². The number of thioether (sulfide) groups is 1. The number of esters is 2. The Morgan fingerprint density at radius 1 is 0.641 bits per heavy atom. The van der Waals surface area contributed by atoms with Crippen molar-refractivity contribution in [2.24, 2.45) is 10.8 Å². The van der Waals surface area contributed by atoms with Crippen LogP contribution in [0.2, 0.25) is 0 Å². The number of aromatic nitrogens is 8. The fourth-order valence-corrected chi connectivity index (χ4v) is 7.98. The lowest BCUT2D eigenvalue weighted by molar-refractivity contribution is -0.159. The Morgan fingerprint density at radius 3 is 1.42 bits per heavy atom. The standard InChI is InChI=1S/C22H23FN4O5S.C22H23FN4O3S/c1-22(2,3)20(29)32-15-11-26-18(16-9-10-24-21(25-16)33(4,30)31)17(19(28)27(26)12-15)13-5-7-14(23)8-6-13;1-22(2,3)20(29)30-15-11-26-18(16-9-10-24-21(25-16)31-4)17(19(28)27(26)12-15)13-5-7-14(23)8-6-13/h5-10,15H,11-12H2,1-4H3;5-10,15H,11-12H2,1-4H3. The molecular formula is C44H46F2N8O8S2. The van der Waals surface area contributed by atoms with Gasteiger partial charge in [0.15, 0.2) is 5.16 Å². The molecule has 64 heavy (non-hydrogen) atoms. The van der Waals surface area contributed by atoms with Gasteiger partial charge in [0.2, 0.25) is 15.0 Å². The quantitative estimate of drug-likeness (QED) is 0.0998. The van der Waals surface area contributed by atoms with Gasteiger partial charge in [0.25, 0.3) is 11.1 Å². The zero-order chi connectivity index (χ0) is 46.5. The first kappa shape index (κ1) is 45.7. The zero-order valence-corrected chi connectivity index (χ0v) is 38.0. The molecular weight excluding hydrogens is 871 g/mol. The molecule has 2 atom stereocenters.